The van der Waals surface area contributed by atoms with Crippen LogP contribution in [-0.4, -0.2) is 44.8 Å². The van der Waals surface area contributed by atoms with Crippen LogP contribution in [-0.2, 0) is 9.59 Å². The van der Waals surface area contributed by atoms with Crippen LogP contribution in [0.25, 0.3) is 0 Å². The van der Waals surface area contributed by atoms with Crippen molar-refractivity contribution in [2.45, 2.75) is 25.8 Å². The van der Waals surface area contributed by atoms with E-state index in [2.05, 4.69) is 25.6 Å². The number of nitrogens with zero attached hydrogens (tertiary/aromatic N) is 4. The molecule has 1 aliphatic rings. The molecule has 8 heteroatoms. The topological polar surface area (TPSA) is 100 Å². The first-order valence-electron chi connectivity index (χ1n) is 8.17. The van der Waals surface area contributed by atoms with Gasteiger partial charge in [0.05, 0.1) is 24.5 Å². The summed E-state index contributed by atoms with van der Waals surface area (Å²) in [6.07, 6.45) is 6.60. The molecule has 2 amide bonds. The van der Waals surface area contributed by atoms with Gasteiger partial charge in [0, 0.05) is 25.9 Å². The van der Waals surface area contributed by atoms with Crippen LogP contribution < -0.4 is 10.6 Å². The summed E-state index contributed by atoms with van der Waals surface area (Å²) in [6, 6.07) is 5.58. The summed E-state index contributed by atoms with van der Waals surface area (Å²) in [5.41, 5.74) is 0.822. The van der Waals surface area contributed by atoms with E-state index in [1.165, 1.54) is 6.92 Å². The summed E-state index contributed by atoms with van der Waals surface area (Å²) in [5.74, 6) is 0.959. The average molecular weight is 340 g/mol. The molecule has 1 fully saturated rings. The van der Waals surface area contributed by atoms with Gasteiger partial charge in [0.2, 0.25) is 11.8 Å². The smallest absolute Gasteiger partial charge is 0.242 e. The monoisotopic (exact) mass is 340 g/mol. The van der Waals surface area contributed by atoms with E-state index in [-0.39, 0.29) is 24.4 Å². The maximum absolute atomic E-state index is 12.4. The van der Waals surface area contributed by atoms with Gasteiger partial charge in [0.25, 0.3) is 0 Å². The van der Waals surface area contributed by atoms with Gasteiger partial charge in [-0.15, -0.1) is 0 Å². The highest BCUT2D eigenvalue weighted by Crippen LogP contribution is 2.31. The number of hydrogen-bond acceptors (Lipinski definition) is 6. The van der Waals surface area contributed by atoms with Crippen molar-refractivity contribution in [2.24, 2.45) is 0 Å². The van der Waals surface area contributed by atoms with Crippen LogP contribution in [0.4, 0.5) is 11.6 Å². The van der Waals surface area contributed by atoms with Crippen LogP contribution in [0.5, 0.6) is 0 Å². The number of carbonyl (C=O) groups is 2. The van der Waals surface area contributed by atoms with Crippen molar-refractivity contribution < 1.29 is 9.59 Å². The Morgan fingerprint density at radius 3 is 2.92 bits per heavy atom. The summed E-state index contributed by atoms with van der Waals surface area (Å²) < 4.78 is 0. The minimum Gasteiger partial charge on any atom is -0.347 e. The minimum absolute atomic E-state index is 0.0172. The van der Waals surface area contributed by atoms with Crippen molar-refractivity contribution in [3.63, 3.8) is 0 Å². The Hall–Kier alpha value is -3.03. The molecule has 2 aromatic rings. The van der Waals surface area contributed by atoms with Crippen LogP contribution in [0.2, 0.25) is 0 Å². The largest absolute Gasteiger partial charge is 0.347 e. The molecule has 1 atom stereocenters. The molecule has 0 radical (unpaired) electrons. The van der Waals surface area contributed by atoms with Crippen molar-refractivity contribution in [1.29, 1.82) is 0 Å². The number of rotatable bonds is 5. The number of hydrogen-bond donors (Lipinski definition) is 2. The zero-order valence-corrected chi connectivity index (χ0v) is 14.0. The van der Waals surface area contributed by atoms with E-state index in [1.54, 1.807) is 23.5 Å². The Morgan fingerprint density at radius 2 is 2.16 bits per heavy atom. The number of likely N-dealkylation sites (tertiary alicyclic amines) is 1. The Morgan fingerprint density at radius 1 is 1.28 bits per heavy atom. The van der Waals surface area contributed by atoms with Crippen molar-refractivity contribution in [2.75, 3.05) is 18.4 Å². The zero-order chi connectivity index (χ0) is 17.6. The van der Waals surface area contributed by atoms with E-state index in [4.69, 9.17) is 0 Å². The molecule has 0 bridgehead atoms. The number of carbonyl (C=O) groups excluding carboxylic acids is 2. The molecule has 2 N–H and O–H groups in total. The fourth-order valence-corrected chi connectivity index (χ4v) is 2.88. The van der Waals surface area contributed by atoms with Gasteiger partial charge in [-0.2, -0.15) is 0 Å². The fourth-order valence-electron chi connectivity index (χ4n) is 2.88. The molecule has 1 saturated heterocycles. The van der Waals surface area contributed by atoms with Crippen LogP contribution >= 0.6 is 0 Å². The van der Waals surface area contributed by atoms with Crippen LogP contribution in [0, 0.1) is 0 Å². The molecule has 1 aliphatic heterocycles. The Kier molecular flexibility index (Phi) is 5.17. The van der Waals surface area contributed by atoms with Crippen molar-refractivity contribution in [1.82, 2.24) is 25.2 Å². The summed E-state index contributed by atoms with van der Waals surface area (Å²) in [7, 11) is 0. The third-order valence-corrected chi connectivity index (χ3v) is 3.99. The van der Waals surface area contributed by atoms with Gasteiger partial charge in [0.1, 0.15) is 11.6 Å². The SMILES string of the molecule is CC(=O)NCC(=O)N1CCCC1c1cccc(Nc2cnccn2)n1. The molecule has 3 heterocycles. The maximum atomic E-state index is 12.4. The third kappa shape index (κ3) is 4.28. The highest BCUT2D eigenvalue weighted by atomic mass is 16.2. The highest BCUT2D eigenvalue weighted by molar-refractivity contribution is 5.84. The number of aromatic nitrogens is 3. The molecule has 0 aromatic carbocycles. The lowest BCUT2D eigenvalue weighted by atomic mass is 10.1. The molecule has 2 aromatic heterocycles. The summed E-state index contributed by atoms with van der Waals surface area (Å²) in [5, 5.41) is 5.67. The minimum atomic E-state index is -0.211. The first-order chi connectivity index (χ1) is 12.1. The Labute approximate surface area is 145 Å². The van der Waals surface area contributed by atoms with Gasteiger partial charge in [-0.3, -0.25) is 14.6 Å². The summed E-state index contributed by atoms with van der Waals surface area (Å²) in [6.45, 7) is 2.09. The Bertz CT molecular complexity index is 752. The molecule has 130 valence electrons. The van der Waals surface area contributed by atoms with E-state index >= 15 is 0 Å². The van der Waals surface area contributed by atoms with E-state index in [9.17, 15) is 9.59 Å². The van der Waals surface area contributed by atoms with Crippen LogP contribution in [0.15, 0.2) is 36.8 Å². The van der Waals surface area contributed by atoms with Gasteiger partial charge in [-0.1, -0.05) is 6.07 Å². The standard InChI is InChI=1S/C17H20N6O2/c1-12(24)20-11-17(25)23-9-3-5-14(23)13-4-2-6-15(21-13)22-16-10-18-7-8-19-16/h2,4,6-8,10,14H,3,5,9,11H2,1H3,(H,20,24)(H,19,21,22). The normalized spacial score (nSPS) is 16.5. The van der Waals surface area contributed by atoms with Gasteiger partial charge < -0.3 is 15.5 Å². The fraction of sp³-hybridized carbons (Fsp3) is 0.353. The molecule has 0 spiro atoms. The van der Waals surface area contributed by atoms with E-state index < -0.39 is 0 Å². The van der Waals surface area contributed by atoms with E-state index in [0.29, 0.717) is 18.2 Å². The van der Waals surface area contributed by atoms with Gasteiger partial charge in [-0.05, 0) is 25.0 Å². The molecular weight excluding hydrogens is 320 g/mol. The highest BCUT2D eigenvalue weighted by Gasteiger charge is 2.30. The first kappa shape index (κ1) is 16.8. The predicted octanol–water partition coefficient (Wildman–Crippen LogP) is 1.41. The lowest BCUT2D eigenvalue weighted by Crippen LogP contribution is -2.39. The van der Waals surface area contributed by atoms with Crippen molar-refractivity contribution in [3.05, 3.63) is 42.5 Å². The van der Waals surface area contributed by atoms with Crippen molar-refractivity contribution >= 4 is 23.5 Å². The van der Waals surface area contributed by atoms with E-state index in [1.807, 2.05) is 18.2 Å². The molecule has 0 saturated carbocycles. The number of pyridine rings is 1. The molecular formula is C17H20N6O2. The second-order valence-corrected chi connectivity index (χ2v) is 5.82. The molecule has 1 unspecified atom stereocenters. The van der Waals surface area contributed by atoms with Gasteiger partial charge >= 0.3 is 0 Å². The second kappa shape index (κ2) is 7.69. The first-order valence-corrected chi connectivity index (χ1v) is 8.17. The van der Waals surface area contributed by atoms with E-state index in [0.717, 1.165) is 18.5 Å². The van der Waals surface area contributed by atoms with Gasteiger partial charge in [-0.25, -0.2) is 9.97 Å². The number of nitrogens with one attached hydrogen (secondary N) is 2. The van der Waals surface area contributed by atoms with Gasteiger partial charge in [0.15, 0.2) is 0 Å². The quantitative estimate of drug-likeness (QED) is 0.854. The lowest BCUT2D eigenvalue weighted by Gasteiger charge is -2.24. The molecule has 25 heavy (non-hydrogen) atoms. The Balaban J connectivity index is 1.73. The molecule has 3 rings (SSSR count). The molecule has 0 aliphatic carbocycles. The summed E-state index contributed by atoms with van der Waals surface area (Å²) >= 11 is 0. The third-order valence-electron chi connectivity index (χ3n) is 3.99. The number of amides is 2. The second-order valence-electron chi connectivity index (χ2n) is 5.82. The molecule has 8 nitrogen and oxygen atoms in total. The number of anilines is 2. The average Bonchev–Trinajstić information content (AvgIpc) is 3.10. The predicted molar refractivity (Wildman–Crippen MR) is 91.9 cm³/mol. The van der Waals surface area contributed by atoms with Crippen molar-refractivity contribution in [3.8, 4) is 0 Å². The summed E-state index contributed by atoms with van der Waals surface area (Å²) in [4.78, 5) is 38.0. The zero-order valence-electron chi connectivity index (χ0n) is 14.0. The lowest BCUT2D eigenvalue weighted by molar-refractivity contribution is -0.133. The van der Waals surface area contributed by atoms with Crippen LogP contribution in [0.3, 0.4) is 0 Å². The maximum Gasteiger partial charge on any atom is 0.242 e. The van der Waals surface area contributed by atoms with Crippen LogP contribution in [0.1, 0.15) is 31.5 Å².